The first kappa shape index (κ1) is 11.3. The van der Waals surface area contributed by atoms with Crippen LogP contribution in [0.4, 0.5) is 0 Å². The molecule has 0 spiro atoms. The third kappa shape index (κ3) is 2.70. The van der Waals surface area contributed by atoms with E-state index in [2.05, 4.69) is 24.3 Å². The van der Waals surface area contributed by atoms with Gasteiger partial charge in [-0.15, -0.1) is 11.3 Å². The Balaban J connectivity index is 2.14. The molecule has 1 unspecified atom stereocenters. The van der Waals surface area contributed by atoms with Crippen molar-refractivity contribution in [3.05, 3.63) is 47.3 Å². The van der Waals surface area contributed by atoms with Crippen LogP contribution in [-0.4, -0.2) is 17.8 Å². The van der Waals surface area contributed by atoms with Gasteiger partial charge in [-0.3, -0.25) is 0 Å². The second kappa shape index (κ2) is 5.25. The summed E-state index contributed by atoms with van der Waals surface area (Å²) in [4.78, 5) is 2.41. The van der Waals surface area contributed by atoms with E-state index < -0.39 is 6.10 Å². The van der Waals surface area contributed by atoms with Gasteiger partial charge >= 0.3 is 0 Å². The van der Waals surface area contributed by atoms with Crippen LogP contribution in [0, 0.1) is 0 Å². The number of aliphatic hydroxyl groups excluding tert-OH is 1. The molecular formula is C13H15NOS. The maximum Gasteiger partial charge on any atom is 0.0710 e. The molecular weight excluding hydrogens is 218 g/mol. The molecule has 3 heteroatoms. The van der Waals surface area contributed by atoms with Crippen LogP contribution < -0.4 is 5.73 Å². The molecule has 0 amide bonds. The van der Waals surface area contributed by atoms with Gasteiger partial charge in [0.05, 0.1) is 6.10 Å². The van der Waals surface area contributed by atoms with Gasteiger partial charge in [0.15, 0.2) is 0 Å². The molecule has 0 saturated carbocycles. The Morgan fingerprint density at radius 1 is 1.12 bits per heavy atom. The third-order valence-corrected chi connectivity index (χ3v) is 3.59. The van der Waals surface area contributed by atoms with E-state index in [1.54, 1.807) is 11.3 Å². The summed E-state index contributed by atoms with van der Waals surface area (Å²) in [6.07, 6.45) is 0.218. The molecule has 2 aromatic rings. The van der Waals surface area contributed by atoms with Crippen LogP contribution in [0.5, 0.6) is 0 Å². The Morgan fingerprint density at radius 2 is 1.88 bits per heavy atom. The lowest BCUT2D eigenvalue weighted by Crippen LogP contribution is -2.21. The molecule has 0 aliphatic heterocycles. The number of aliphatic hydroxyl groups is 1. The molecule has 0 aliphatic rings. The number of hydrogen-bond acceptors (Lipinski definition) is 3. The number of thiophene rings is 1. The molecule has 0 radical (unpaired) electrons. The summed E-state index contributed by atoms with van der Waals surface area (Å²) in [5.41, 5.74) is 6.62. The van der Waals surface area contributed by atoms with Crippen LogP contribution in [0.3, 0.4) is 0 Å². The lowest BCUT2D eigenvalue weighted by molar-refractivity contribution is 0.184. The van der Waals surface area contributed by atoms with Crippen molar-refractivity contribution in [2.24, 2.45) is 5.73 Å². The lowest BCUT2D eigenvalue weighted by atomic mass is 10.2. The van der Waals surface area contributed by atoms with Gasteiger partial charge in [0.25, 0.3) is 0 Å². The largest absolute Gasteiger partial charge is 0.391 e. The van der Waals surface area contributed by atoms with E-state index in [4.69, 9.17) is 5.73 Å². The maximum atomic E-state index is 9.47. The molecule has 16 heavy (non-hydrogen) atoms. The van der Waals surface area contributed by atoms with Gasteiger partial charge in [0.1, 0.15) is 0 Å². The van der Waals surface area contributed by atoms with E-state index in [0.29, 0.717) is 13.0 Å². The van der Waals surface area contributed by atoms with Crippen LogP contribution >= 0.6 is 11.3 Å². The smallest absolute Gasteiger partial charge is 0.0710 e. The molecule has 0 saturated heterocycles. The summed E-state index contributed by atoms with van der Waals surface area (Å²) in [7, 11) is 0. The summed E-state index contributed by atoms with van der Waals surface area (Å²) < 4.78 is 0. The summed E-state index contributed by atoms with van der Waals surface area (Å²) in [5, 5.41) is 9.47. The van der Waals surface area contributed by atoms with Gasteiger partial charge in [0.2, 0.25) is 0 Å². The molecule has 84 valence electrons. The van der Waals surface area contributed by atoms with Crippen LogP contribution in [0.2, 0.25) is 0 Å². The molecule has 3 N–H and O–H groups in total. The fraction of sp³-hybridized carbons (Fsp3) is 0.231. The van der Waals surface area contributed by atoms with E-state index in [1.807, 2.05) is 18.2 Å². The molecule has 1 heterocycles. The summed E-state index contributed by atoms with van der Waals surface area (Å²) >= 11 is 1.71. The summed E-state index contributed by atoms with van der Waals surface area (Å²) in [5.74, 6) is 0. The predicted octanol–water partition coefficient (Wildman–Crippen LogP) is 2.28. The summed E-state index contributed by atoms with van der Waals surface area (Å²) in [6, 6.07) is 14.4. The molecule has 1 atom stereocenters. The number of rotatable bonds is 4. The van der Waals surface area contributed by atoms with E-state index >= 15 is 0 Å². The normalized spacial score (nSPS) is 12.6. The quantitative estimate of drug-likeness (QED) is 0.851. The third-order valence-electron chi connectivity index (χ3n) is 2.43. The van der Waals surface area contributed by atoms with Gasteiger partial charge in [0, 0.05) is 22.7 Å². The van der Waals surface area contributed by atoms with Crippen molar-refractivity contribution in [1.29, 1.82) is 0 Å². The minimum absolute atomic E-state index is 0.318. The number of hydrogen-bond donors (Lipinski definition) is 2. The highest BCUT2D eigenvalue weighted by Gasteiger charge is 2.06. The van der Waals surface area contributed by atoms with E-state index in [9.17, 15) is 5.11 Å². The summed E-state index contributed by atoms with van der Waals surface area (Å²) in [6.45, 7) is 0.318. The minimum atomic E-state index is -0.428. The maximum absolute atomic E-state index is 9.47. The lowest BCUT2D eigenvalue weighted by Gasteiger charge is -2.04. The van der Waals surface area contributed by atoms with Crippen LogP contribution in [0.1, 0.15) is 4.88 Å². The van der Waals surface area contributed by atoms with Gasteiger partial charge in [-0.1, -0.05) is 30.3 Å². The fourth-order valence-corrected chi connectivity index (χ4v) is 2.65. The minimum Gasteiger partial charge on any atom is -0.391 e. The Kier molecular flexibility index (Phi) is 3.72. The SMILES string of the molecule is NCC(O)Cc1ccc(-c2ccccc2)s1. The molecule has 2 rings (SSSR count). The Labute approximate surface area is 99.4 Å². The Hall–Kier alpha value is -1.16. The van der Waals surface area contributed by atoms with Gasteiger partial charge < -0.3 is 10.8 Å². The zero-order valence-corrected chi connectivity index (χ0v) is 9.78. The van der Waals surface area contributed by atoms with Crippen molar-refractivity contribution in [2.45, 2.75) is 12.5 Å². The van der Waals surface area contributed by atoms with Crippen molar-refractivity contribution in [3.8, 4) is 10.4 Å². The molecule has 0 aliphatic carbocycles. The monoisotopic (exact) mass is 233 g/mol. The number of benzene rings is 1. The standard InChI is InChI=1S/C13H15NOS/c14-9-11(15)8-12-6-7-13(16-12)10-4-2-1-3-5-10/h1-7,11,15H,8-9,14H2. The van der Waals surface area contributed by atoms with Crippen molar-refractivity contribution >= 4 is 11.3 Å². The van der Waals surface area contributed by atoms with E-state index in [1.165, 1.54) is 15.3 Å². The van der Waals surface area contributed by atoms with Crippen molar-refractivity contribution in [3.63, 3.8) is 0 Å². The topological polar surface area (TPSA) is 46.2 Å². The molecule has 0 fully saturated rings. The first-order valence-electron chi connectivity index (χ1n) is 5.32. The Bertz CT molecular complexity index is 438. The highest BCUT2D eigenvalue weighted by atomic mass is 32.1. The molecule has 2 nitrogen and oxygen atoms in total. The average Bonchev–Trinajstić information content (AvgIpc) is 2.78. The average molecular weight is 233 g/mol. The number of nitrogens with two attached hydrogens (primary N) is 1. The van der Waals surface area contributed by atoms with Crippen LogP contribution in [0.15, 0.2) is 42.5 Å². The molecule has 1 aromatic heterocycles. The second-order valence-corrected chi connectivity index (χ2v) is 4.89. The molecule has 0 bridgehead atoms. The van der Waals surface area contributed by atoms with Crippen molar-refractivity contribution < 1.29 is 5.11 Å². The highest BCUT2D eigenvalue weighted by Crippen LogP contribution is 2.28. The van der Waals surface area contributed by atoms with Crippen molar-refractivity contribution in [2.75, 3.05) is 6.54 Å². The first-order chi connectivity index (χ1) is 7.79. The van der Waals surface area contributed by atoms with Crippen LogP contribution in [-0.2, 0) is 6.42 Å². The van der Waals surface area contributed by atoms with E-state index in [0.717, 1.165) is 0 Å². The van der Waals surface area contributed by atoms with Gasteiger partial charge in [-0.2, -0.15) is 0 Å². The fourth-order valence-electron chi connectivity index (χ4n) is 1.56. The van der Waals surface area contributed by atoms with Crippen LogP contribution in [0.25, 0.3) is 10.4 Å². The second-order valence-electron chi connectivity index (χ2n) is 3.73. The zero-order chi connectivity index (χ0) is 11.4. The van der Waals surface area contributed by atoms with Crippen molar-refractivity contribution in [1.82, 2.24) is 0 Å². The van der Waals surface area contributed by atoms with Gasteiger partial charge in [-0.25, -0.2) is 0 Å². The van der Waals surface area contributed by atoms with E-state index in [-0.39, 0.29) is 0 Å². The highest BCUT2D eigenvalue weighted by molar-refractivity contribution is 7.15. The zero-order valence-electron chi connectivity index (χ0n) is 8.97. The molecule has 1 aromatic carbocycles. The Morgan fingerprint density at radius 3 is 2.56 bits per heavy atom. The first-order valence-corrected chi connectivity index (χ1v) is 6.13. The predicted molar refractivity (Wildman–Crippen MR) is 68.5 cm³/mol. The van der Waals surface area contributed by atoms with Gasteiger partial charge in [-0.05, 0) is 17.7 Å².